The molecule has 1 saturated heterocycles. The third-order valence-electron chi connectivity index (χ3n) is 6.65. The van der Waals surface area contributed by atoms with Gasteiger partial charge in [0, 0.05) is 39.1 Å². The molecule has 1 fully saturated rings. The van der Waals surface area contributed by atoms with Crippen molar-refractivity contribution in [3.63, 3.8) is 0 Å². The number of amides is 1. The fraction of sp³-hybridized carbons (Fsp3) is 0.444. The zero-order chi connectivity index (χ0) is 24.7. The normalized spacial score (nSPS) is 18.2. The van der Waals surface area contributed by atoms with E-state index in [2.05, 4.69) is 15.2 Å². The summed E-state index contributed by atoms with van der Waals surface area (Å²) in [6, 6.07) is 15.3. The van der Waals surface area contributed by atoms with E-state index in [4.69, 9.17) is 14.2 Å². The third-order valence-corrected chi connectivity index (χ3v) is 6.65. The van der Waals surface area contributed by atoms with Crippen LogP contribution in [-0.4, -0.2) is 78.8 Å². The van der Waals surface area contributed by atoms with Crippen molar-refractivity contribution in [3.8, 4) is 5.75 Å². The summed E-state index contributed by atoms with van der Waals surface area (Å²) in [5.74, 6) is -0.00655. The van der Waals surface area contributed by atoms with Crippen molar-refractivity contribution >= 4 is 22.7 Å². The van der Waals surface area contributed by atoms with Crippen molar-refractivity contribution in [1.29, 1.82) is 0 Å². The Morgan fingerprint density at radius 2 is 1.83 bits per heavy atom. The maximum absolute atomic E-state index is 13.0. The van der Waals surface area contributed by atoms with Gasteiger partial charge in [0.1, 0.15) is 18.2 Å². The summed E-state index contributed by atoms with van der Waals surface area (Å²) in [5.41, 5.74) is 2.68. The van der Waals surface area contributed by atoms with Crippen molar-refractivity contribution in [2.45, 2.75) is 25.4 Å². The van der Waals surface area contributed by atoms with Crippen LogP contribution in [-0.2, 0) is 32.2 Å². The summed E-state index contributed by atoms with van der Waals surface area (Å²) < 4.78 is 18.8. The van der Waals surface area contributed by atoms with E-state index in [1.54, 1.807) is 0 Å². The standard InChI is InChI=1S/C27H32N4O5/c32-24-9-10-31-23-4-2-1-3-22(23)29-26(31)25(24)27(33)28-19-20-5-7-21(8-6-20)36-18-17-35-16-13-30-11-14-34-15-12-30/h1-8,25H,9-19H2,(H,28,33). The first-order valence-electron chi connectivity index (χ1n) is 12.5. The minimum atomic E-state index is -0.878. The van der Waals surface area contributed by atoms with E-state index in [9.17, 15) is 9.59 Å². The smallest absolute Gasteiger partial charge is 0.238 e. The number of rotatable bonds is 10. The maximum Gasteiger partial charge on any atom is 0.238 e. The van der Waals surface area contributed by atoms with E-state index in [1.807, 2.05) is 53.1 Å². The molecule has 190 valence electrons. The summed E-state index contributed by atoms with van der Waals surface area (Å²) in [7, 11) is 0. The van der Waals surface area contributed by atoms with Gasteiger partial charge in [0.15, 0.2) is 11.7 Å². The molecule has 9 nitrogen and oxygen atoms in total. The van der Waals surface area contributed by atoms with Crippen LogP contribution in [0.15, 0.2) is 48.5 Å². The number of Topliss-reactive ketones (excluding diaryl/α,β-unsaturated/α-hetero) is 1. The van der Waals surface area contributed by atoms with Gasteiger partial charge in [0.05, 0.1) is 37.5 Å². The van der Waals surface area contributed by atoms with Gasteiger partial charge in [0.2, 0.25) is 5.91 Å². The second-order valence-electron chi connectivity index (χ2n) is 9.04. The molecule has 2 aliphatic rings. The zero-order valence-corrected chi connectivity index (χ0v) is 20.4. The van der Waals surface area contributed by atoms with E-state index in [0.29, 0.717) is 45.2 Å². The number of nitrogens with one attached hydrogen (secondary N) is 1. The molecule has 0 bridgehead atoms. The van der Waals surface area contributed by atoms with E-state index in [0.717, 1.165) is 55.2 Å². The number of morpholine rings is 1. The molecule has 0 aliphatic carbocycles. The number of para-hydroxylation sites is 2. The van der Waals surface area contributed by atoms with Gasteiger partial charge in [-0.3, -0.25) is 14.5 Å². The molecular formula is C27H32N4O5. The number of hydrogen-bond donors (Lipinski definition) is 1. The number of carbonyl (C=O) groups is 2. The summed E-state index contributed by atoms with van der Waals surface area (Å²) in [6.07, 6.45) is 0.328. The second kappa shape index (κ2) is 11.6. The highest BCUT2D eigenvalue weighted by atomic mass is 16.5. The lowest BCUT2D eigenvalue weighted by Crippen LogP contribution is -2.38. The number of hydrogen-bond acceptors (Lipinski definition) is 7. The monoisotopic (exact) mass is 492 g/mol. The number of imidazole rings is 1. The molecule has 0 radical (unpaired) electrons. The van der Waals surface area contributed by atoms with Crippen molar-refractivity contribution in [3.05, 3.63) is 59.9 Å². The summed E-state index contributed by atoms with van der Waals surface area (Å²) in [5, 5.41) is 2.91. The largest absolute Gasteiger partial charge is 0.491 e. The van der Waals surface area contributed by atoms with Crippen molar-refractivity contribution in [2.75, 3.05) is 52.7 Å². The Bertz CT molecular complexity index is 1190. The van der Waals surface area contributed by atoms with Gasteiger partial charge in [-0.2, -0.15) is 0 Å². The molecule has 9 heteroatoms. The van der Waals surface area contributed by atoms with Crippen molar-refractivity contribution in [2.24, 2.45) is 0 Å². The SMILES string of the molecule is O=C1CCn2c(nc3ccccc32)C1C(=O)NCc1ccc(OCCOCCN2CCOCC2)cc1. The number of aromatic nitrogens is 2. The van der Waals surface area contributed by atoms with E-state index < -0.39 is 5.92 Å². The van der Waals surface area contributed by atoms with Gasteiger partial charge in [-0.25, -0.2) is 4.98 Å². The Kier molecular flexibility index (Phi) is 7.90. The van der Waals surface area contributed by atoms with Crippen LogP contribution < -0.4 is 10.1 Å². The molecule has 2 aromatic carbocycles. The highest BCUT2D eigenvalue weighted by molar-refractivity contribution is 6.07. The average molecular weight is 493 g/mol. The van der Waals surface area contributed by atoms with Crippen LogP contribution >= 0.6 is 0 Å². The highest BCUT2D eigenvalue weighted by Gasteiger charge is 2.36. The minimum absolute atomic E-state index is 0.0915. The van der Waals surface area contributed by atoms with Crippen LogP contribution in [0, 0.1) is 0 Å². The van der Waals surface area contributed by atoms with Crippen LogP contribution in [0.4, 0.5) is 0 Å². The lowest BCUT2D eigenvalue weighted by Gasteiger charge is -2.26. The fourth-order valence-corrected chi connectivity index (χ4v) is 4.66. The molecule has 1 unspecified atom stereocenters. The van der Waals surface area contributed by atoms with Crippen molar-refractivity contribution < 1.29 is 23.8 Å². The maximum atomic E-state index is 13.0. The molecule has 0 spiro atoms. The molecule has 5 rings (SSSR count). The average Bonchev–Trinajstić information content (AvgIpc) is 3.29. The number of nitrogens with zero attached hydrogens (tertiary/aromatic N) is 3. The topological polar surface area (TPSA) is 94.9 Å². The molecule has 1 atom stereocenters. The van der Waals surface area contributed by atoms with Crippen LogP contribution in [0.2, 0.25) is 0 Å². The second-order valence-corrected chi connectivity index (χ2v) is 9.04. The number of ether oxygens (including phenoxy) is 3. The van der Waals surface area contributed by atoms with E-state index in [1.165, 1.54) is 0 Å². The molecule has 36 heavy (non-hydrogen) atoms. The summed E-state index contributed by atoms with van der Waals surface area (Å²) >= 11 is 0. The molecule has 3 heterocycles. The molecule has 1 aromatic heterocycles. The number of aryl methyl sites for hydroxylation is 1. The summed E-state index contributed by atoms with van der Waals surface area (Å²) in [6.45, 7) is 7.00. The number of fused-ring (bicyclic) bond motifs is 3. The van der Waals surface area contributed by atoms with Gasteiger partial charge in [-0.05, 0) is 29.8 Å². The number of ketones is 1. The number of carbonyl (C=O) groups excluding carboxylic acids is 2. The lowest BCUT2D eigenvalue weighted by molar-refractivity contribution is -0.131. The first kappa shape index (κ1) is 24.4. The van der Waals surface area contributed by atoms with Gasteiger partial charge in [-0.1, -0.05) is 24.3 Å². The quantitative estimate of drug-likeness (QED) is 0.342. The molecule has 3 aromatic rings. The zero-order valence-electron chi connectivity index (χ0n) is 20.4. The number of benzene rings is 2. The third kappa shape index (κ3) is 5.75. The van der Waals surface area contributed by atoms with Crippen LogP contribution in [0.1, 0.15) is 23.7 Å². The summed E-state index contributed by atoms with van der Waals surface area (Å²) in [4.78, 5) is 32.5. The van der Waals surface area contributed by atoms with Crippen molar-refractivity contribution in [1.82, 2.24) is 19.8 Å². The molecule has 1 amide bonds. The van der Waals surface area contributed by atoms with Gasteiger partial charge in [0.25, 0.3) is 0 Å². The van der Waals surface area contributed by atoms with Crippen LogP contribution in [0.25, 0.3) is 11.0 Å². The van der Waals surface area contributed by atoms with E-state index >= 15 is 0 Å². The molecule has 1 N–H and O–H groups in total. The Morgan fingerprint density at radius 3 is 2.67 bits per heavy atom. The highest BCUT2D eigenvalue weighted by Crippen LogP contribution is 2.28. The fourth-order valence-electron chi connectivity index (χ4n) is 4.66. The Balaban J connectivity index is 1.07. The molecule has 2 aliphatic heterocycles. The van der Waals surface area contributed by atoms with Gasteiger partial charge in [-0.15, -0.1) is 0 Å². The lowest BCUT2D eigenvalue weighted by atomic mass is 9.96. The Hall–Kier alpha value is -3.27. The predicted octanol–water partition coefficient (Wildman–Crippen LogP) is 2.14. The molecule has 0 saturated carbocycles. The van der Waals surface area contributed by atoms with Gasteiger partial charge >= 0.3 is 0 Å². The predicted molar refractivity (Wildman–Crippen MR) is 134 cm³/mol. The first-order valence-corrected chi connectivity index (χ1v) is 12.5. The van der Waals surface area contributed by atoms with Gasteiger partial charge < -0.3 is 24.1 Å². The Labute approximate surface area is 210 Å². The first-order chi connectivity index (χ1) is 17.7. The molecular weight excluding hydrogens is 460 g/mol. The van der Waals surface area contributed by atoms with Crippen LogP contribution in [0.5, 0.6) is 5.75 Å². The van der Waals surface area contributed by atoms with Crippen LogP contribution in [0.3, 0.4) is 0 Å². The minimum Gasteiger partial charge on any atom is -0.491 e. The van der Waals surface area contributed by atoms with E-state index in [-0.39, 0.29) is 11.7 Å². The Morgan fingerprint density at radius 1 is 1.03 bits per heavy atom.